The number of rotatable bonds is 3. The summed E-state index contributed by atoms with van der Waals surface area (Å²) in [6.45, 7) is -0.0385. The van der Waals surface area contributed by atoms with Crippen LogP contribution < -0.4 is 20.7 Å². The van der Waals surface area contributed by atoms with Gasteiger partial charge in [0, 0.05) is 18.7 Å². The molecule has 0 saturated carbocycles. The molecule has 1 aromatic rings. The van der Waals surface area contributed by atoms with Crippen molar-refractivity contribution in [2.75, 3.05) is 25.6 Å². The van der Waals surface area contributed by atoms with Crippen LogP contribution in [0.5, 0.6) is 5.75 Å². The van der Waals surface area contributed by atoms with Gasteiger partial charge >= 0.3 is 0 Å². The van der Waals surface area contributed by atoms with Gasteiger partial charge in [0.25, 0.3) is 0 Å². The first-order valence-electron chi connectivity index (χ1n) is 5.54. The molecule has 0 fully saturated rings. The van der Waals surface area contributed by atoms with Crippen molar-refractivity contribution in [3.63, 3.8) is 0 Å². The number of carbonyl (C=O) groups is 2. The summed E-state index contributed by atoms with van der Waals surface area (Å²) >= 11 is 0. The van der Waals surface area contributed by atoms with Gasteiger partial charge in [-0.1, -0.05) is 6.07 Å². The third-order valence-corrected chi connectivity index (χ3v) is 2.98. The van der Waals surface area contributed by atoms with Crippen molar-refractivity contribution in [1.82, 2.24) is 5.32 Å². The van der Waals surface area contributed by atoms with Crippen molar-refractivity contribution in [1.29, 1.82) is 0 Å². The molecular weight excluding hydrogens is 234 g/mol. The fraction of sp³-hybridized carbons (Fsp3) is 0.333. The Labute approximate surface area is 105 Å². The van der Waals surface area contributed by atoms with Crippen LogP contribution in [0.25, 0.3) is 0 Å². The first-order chi connectivity index (χ1) is 8.58. The predicted octanol–water partition coefficient (Wildman–Crippen LogP) is -0.212. The minimum absolute atomic E-state index is 0.0385. The number of anilines is 1. The average Bonchev–Trinajstić information content (AvgIpc) is 2.63. The van der Waals surface area contributed by atoms with Crippen LogP contribution in [0.4, 0.5) is 5.69 Å². The van der Waals surface area contributed by atoms with Crippen LogP contribution in [0.15, 0.2) is 18.2 Å². The highest BCUT2D eigenvalue weighted by molar-refractivity contribution is 6.07. The molecule has 3 N–H and O–H groups in total. The number of ether oxygens (including phenoxy) is 1. The Morgan fingerprint density at radius 1 is 1.56 bits per heavy atom. The maximum absolute atomic E-state index is 12.0. The molecule has 96 valence electrons. The summed E-state index contributed by atoms with van der Waals surface area (Å²) in [7, 11) is 3.07. The van der Waals surface area contributed by atoms with Crippen molar-refractivity contribution >= 4 is 17.5 Å². The lowest BCUT2D eigenvalue weighted by atomic mass is 10.1. The van der Waals surface area contributed by atoms with E-state index >= 15 is 0 Å². The van der Waals surface area contributed by atoms with Crippen LogP contribution in [0.2, 0.25) is 0 Å². The first-order valence-corrected chi connectivity index (χ1v) is 5.54. The Bertz CT molecular complexity index is 501. The highest BCUT2D eigenvalue weighted by Crippen LogP contribution is 2.36. The summed E-state index contributed by atoms with van der Waals surface area (Å²) in [6, 6.07) is 4.49. The lowest BCUT2D eigenvalue weighted by molar-refractivity contribution is -0.123. The second-order valence-electron chi connectivity index (χ2n) is 4.00. The van der Waals surface area contributed by atoms with E-state index in [4.69, 9.17) is 10.5 Å². The maximum Gasteiger partial charge on any atom is 0.249 e. The molecule has 0 bridgehead atoms. The second-order valence-corrected chi connectivity index (χ2v) is 4.00. The van der Waals surface area contributed by atoms with Crippen LogP contribution in [-0.2, 0) is 9.59 Å². The Balaban J connectivity index is 2.39. The maximum atomic E-state index is 12.0. The molecule has 0 saturated heterocycles. The van der Waals surface area contributed by atoms with Gasteiger partial charge in [-0.3, -0.25) is 9.59 Å². The second kappa shape index (κ2) is 4.66. The van der Waals surface area contributed by atoms with E-state index in [2.05, 4.69) is 5.32 Å². The van der Waals surface area contributed by atoms with E-state index in [0.717, 1.165) is 0 Å². The summed E-state index contributed by atoms with van der Waals surface area (Å²) < 4.78 is 5.11. The van der Waals surface area contributed by atoms with E-state index in [0.29, 0.717) is 17.0 Å². The van der Waals surface area contributed by atoms with Gasteiger partial charge in [0.2, 0.25) is 11.8 Å². The quantitative estimate of drug-likeness (QED) is 0.776. The zero-order chi connectivity index (χ0) is 13.3. The number of amides is 2. The van der Waals surface area contributed by atoms with Gasteiger partial charge in [-0.05, 0) is 6.07 Å². The van der Waals surface area contributed by atoms with Crippen molar-refractivity contribution in [2.24, 2.45) is 5.73 Å². The summed E-state index contributed by atoms with van der Waals surface area (Å²) in [5.74, 6) is 0.102. The van der Waals surface area contributed by atoms with E-state index in [1.165, 1.54) is 11.9 Å². The smallest absolute Gasteiger partial charge is 0.249 e. The number of methoxy groups -OCH3 is 1. The van der Waals surface area contributed by atoms with E-state index in [1.807, 2.05) is 0 Å². The van der Waals surface area contributed by atoms with Crippen LogP contribution in [0, 0.1) is 0 Å². The molecule has 0 spiro atoms. The fourth-order valence-corrected chi connectivity index (χ4v) is 1.95. The van der Waals surface area contributed by atoms with Crippen LogP contribution in [0.3, 0.4) is 0 Å². The normalized spacial score (nSPS) is 17.6. The standard InChI is InChI=1S/C12H15N3O3/c1-14-10(16)6-15-9-5-7(18-2)3-4-8(9)11(13)12(15)17/h3-5,11H,6,13H2,1-2H3,(H,14,16). The molecule has 0 aromatic heterocycles. The molecular formula is C12H15N3O3. The van der Waals surface area contributed by atoms with Gasteiger partial charge in [0.1, 0.15) is 18.3 Å². The molecule has 1 unspecified atom stereocenters. The summed E-state index contributed by atoms with van der Waals surface area (Å²) in [4.78, 5) is 24.8. The molecule has 2 amide bonds. The lowest BCUT2D eigenvalue weighted by Gasteiger charge is -2.16. The molecule has 2 rings (SSSR count). The number of nitrogens with two attached hydrogens (primary N) is 1. The van der Waals surface area contributed by atoms with E-state index in [-0.39, 0.29) is 18.4 Å². The number of hydrogen-bond acceptors (Lipinski definition) is 4. The Morgan fingerprint density at radius 3 is 2.89 bits per heavy atom. The molecule has 18 heavy (non-hydrogen) atoms. The van der Waals surface area contributed by atoms with E-state index < -0.39 is 6.04 Å². The van der Waals surface area contributed by atoms with Crippen molar-refractivity contribution in [2.45, 2.75) is 6.04 Å². The molecule has 1 aliphatic rings. The van der Waals surface area contributed by atoms with Crippen molar-refractivity contribution < 1.29 is 14.3 Å². The summed E-state index contributed by atoms with van der Waals surface area (Å²) in [5, 5.41) is 2.48. The molecule has 1 heterocycles. The number of nitrogens with one attached hydrogen (secondary N) is 1. The number of nitrogens with zero attached hydrogens (tertiary/aromatic N) is 1. The van der Waals surface area contributed by atoms with Crippen LogP contribution >= 0.6 is 0 Å². The fourth-order valence-electron chi connectivity index (χ4n) is 1.95. The molecule has 6 nitrogen and oxygen atoms in total. The molecule has 1 aliphatic heterocycles. The third kappa shape index (κ3) is 1.91. The predicted molar refractivity (Wildman–Crippen MR) is 66.3 cm³/mol. The molecule has 1 atom stereocenters. The molecule has 0 aliphatic carbocycles. The minimum Gasteiger partial charge on any atom is -0.497 e. The Morgan fingerprint density at radius 2 is 2.28 bits per heavy atom. The van der Waals surface area contributed by atoms with Crippen molar-refractivity contribution in [3.8, 4) is 5.75 Å². The van der Waals surface area contributed by atoms with Gasteiger partial charge < -0.3 is 20.7 Å². The summed E-state index contributed by atoms with van der Waals surface area (Å²) in [6.07, 6.45) is 0. The largest absolute Gasteiger partial charge is 0.497 e. The highest BCUT2D eigenvalue weighted by Gasteiger charge is 2.35. The highest BCUT2D eigenvalue weighted by atomic mass is 16.5. The number of carbonyl (C=O) groups excluding carboxylic acids is 2. The van der Waals surface area contributed by atoms with Crippen molar-refractivity contribution in [3.05, 3.63) is 23.8 Å². The Kier molecular flexibility index (Phi) is 3.20. The summed E-state index contributed by atoms with van der Waals surface area (Å²) in [5.41, 5.74) is 7.17. The topological polar surface area (TPSA) is 84.7 Å². The SMILES string of the molecule is CNC(=O)CN1C(=O)C(N)c2ccc(OC)cc21. The van der Waals surface area contributed by atoms with Crippen LogP contribution in [-0.4, -0.2) is 32.5 Å². The Hall–Kier alpha value is -2.08. The monoisotopic (exact) mass is 249 g/mol. The first kappa shape index (κ1) is 12.4. The van der Waals surface area contributed by atoms with Gasteiger partial charge in [0.05, 0.1) is 12.8 Å². The number of fused-ring (bicyclic) bond motifs is 1. The van der Waals surface area contributed by atoms with Crippen LogP contribution in [0.1, 0.15) is 11.6 Å². The number of likely N-dealkylation sites (N-methyl/N-ethyl adjacent to an activating group) is 1. The number of hydrogen-bond donors (Lipinski definition) is 2. The van der Waals surface area contributed by atoms with Gasteiger partial charge in [-0.2, -0.15) is 0 Å². The van der Waals surface area contributed by atoms with Gasteiger partial charge in [-0.15, -0.1) is 0 Å². The molecule has 6 heteroatoms. The third-order valence-electron chi connectivity index (χ3n) is 2.98. The molecule has 1 aromatic carbocycles. The lowest BCUT2D eigenvalue weighted by Crippen LogP contribution is -2.39. The van der Waals surface area contributed by atoms with Gasteiger partial charge in [0.15, 0.2) is 0 Å². The molecule has 0 radical (unpaired) electrons. The average molecular weight is 249 g/mol. The van der Waals surface area contributed by atoms with Gasteiger partial charge in [-0.25, -0.2) is 0 Å². The number of benzene rings is 1. The van der Waals surface area contributed by atoms with E-state index in [1.54, 1.807) is 25.3 Å². The van der Waals surface area contributed by atoms with E-state index in [9.17, 15) is 9.59 Å². The minimum atomic E-state index is -0.712. The zero-order valence-corrected chi connectivity index (χ0v) is 10.3. The zero-order valence-electron chi connectivity index (χ0n) is 10.3.